The number of halogens is 3. The molecule has 3 aromatic rings. The van der Waals surface area contributed by atoms with E-state index in [1.807, 2.05) is 0 Å². The standard InChI is InChI=1S/C20H17F3N2O2/c21-20(22,23)15-8-5-7-14(12-15)6-1-2-10-17(26)19-25-13-18(27-19)16-9-3-4-11-24-16/h3-5,7-9,11-13H,1-2,6,10H2. The molecule has 1 aromatic carbocycles. The molecule has 2 aromatic heterocycles. The maximum absolute atomic E-state index is 12.7. The molecule has 3 rings (SSSR count). The minimum absolute atomic E-state index is 0.0229. The number of nitrogens with zero attached hydrogens (tertiary/aromatic N) is 2. The van der Waals surface area contributed by atoms with Gasteiger partial charge in [0.2, 0.25) is 5.78 Å². The van der Waals surface area contributed by atoms with Crippen LogP contribution < -0.4 is 0 Å². The molecular formula is C20H17F3N2O2. The molecule has 0 aliphatic heterocycles. The van der Waals surface area contributed by atoms with Gasteiger partial charge < -0.3 is 4.42 Å². The van der Waals surface area contributed by atoms with Gasteiger partial charge >= 0.3 is 6.18 Å². The molecule has 0 unspecified atom stereocenters. The van der Waals surface area contributed by atoms with Crippen molar-refractivity contribution in [3.05, 3.63) is 71.9 Å². The van der Waals surface area contributed by atoms with Crippen molar-refractivity contribution in [1.82, 2.24) is 9.97 Å². The summed E-state index contributed by atoms with van der Waals surface area (Å²) in [5.41, 5.74) is 0.539. The Morgan fingerprint density at radius 3 is 2.63 bits per heavy atom. The van der Waals surface area contributed by atoms with Crippen molar-refractivity contribution in [2.75, 3.05) is 0 Å². The van der Waals surface area contributed by atoms with Gasteiger partial charge in [-0.15, -0.1) is 0 Å². The average molecular weight is 374 g/mol. The number of rotatable bonds is 7. The highest BCUT2D eigenvalue weighted by molar-refractivity contribution is 5.91. The predicted octanol–water partition coefficient (Wildman–Crippen LogP) is 5.35. The largest absolute Gasteiger partial charge is 0.432 e. The smallest absolute Gasteiger partial charge is 0.416 e. The lowest BCUT2D eigenvalue weighted by Crippen LogP contribution is -2.05. The second-order valence-corrected chi connectivity index (χ2v) is 6.07. The van der Waals surface area contributed by atoms with Crippen molar-refractivity contribution >= 4 is 5.78 Å². The Morgan fingerprint density at radius 2 is 1.89 bits per heavy atom. The van der Waals surface area contributed by atoms with Crippen molar-refractivity contribution < 1.29 is 22.4 Å². The number of alkyl halides is 3. The monoisotopic (exact) mass is 374 g/mol. The summed E-state index contributed by atoms with van der Waals surface area (Å²) in [6, 6.07) is 10.6. The molecule has 2 heterocycles. The van der Waals surface area contributed by atoms with Crippen LogP contribution in [-0.4, -0.2) is 15.8 Å². The van der Waals surface area contributed by atoms with Crippen LogP contribution in [-0.2, 0) is 12.6 Å². The first-order valence-corrected chi connectivity index (χ1v) is 8.50. The number of Topliss-reactive ketones (excluding diaryl/α,β-unsaturated/α-hetero) is 1. The molecule has 140 valence electrons. The summed E-state index contributed by atoms with van der Waals surface area (Å²) >= 11 is 0. The fourth-order valence-electron chi connectivity index (χ4n) is 2.65. The van der Waals surface area contributed by atoms with Gasteiger partial charge in [-0.3, -0.25) is 9.78 Å². The summed E-state index contributed by atoms with van der Waals surface area (Å²) < 4.78 is 43.6. The van der Waals surface area contributed by atoms with E-state index in [1.54, 1.807) is 30.5 Å². The van der Waals surface area contributed by atoms with Gasteiger partial charge in [0, 0.05) is 12.6 Å². The zero-order valence-corrected chi connectivity index (χ0v) is 14.4. The first-order chi connectivity index (χ1) is 12.9. The zero-order chi connectivity index (χ0) is 19.3. The third-order valence-corrected chi connectivity index (χ3v) is 4.04. The van der Waals surface area contributed by atoms with E-state index in [0.717, 1.165) is 12.1 Å². The molecule has 0 fully saturated rings. The number of hydrogen-bond donors (Lipinski definition) is 0. The van der Waals surface area contributed by atoms with Gasteiger partial charge in [0.1, 0.15) is 5.69 Å². The summed E-state index contributed by atoms with van der Waals surface area (Å²) in [4.78, 5) is 20.3. The maximum Gasteiger partial charge on any atom is 0.416 e. The van der Waals surface area contributed by atoms with E-state index in [4.69, 9.17) is 4.42 Å². The van der Waals surface area contributed by atoms with Crippen molar-refractivity contribution in [3.63, 3.8) is 0 Å². The van der Waals surface area contributed by atoms with Gasteiger partial charge in [-0.25, -0.2) is 4.98 Å². The van der Waals surface area contributed by atoms with Gasteiger partial charge in [0.25, 0.3) is 5.89 Å². The van der Waals surface area contributed by atoms with Crippen molar-refractivity contribution in [3.8, 4) is 11.5 Å². The number of ketones is 1. The van der Waals surface area contributed by atoms with Crippen LogP contribution >= 0.6 is 0 Å². The van der Waals surface area contributed by atoms with Crippen LogP contribution in [0.15, 0.2) is 59.3 Å². The van der Waals surface area contributed by atoms with E-state index in [0.29, 0.717) is 36.3 Å². The summed E-state index contributed by atoms with van der Waals surface area (Å²) in [6.45, 7) is 0. The lowest BCUT2D eigenvalue weighted by atomic mass is 10.0. The molecule has 0 bridgehead atoms. The Bertz CT molecular complexity index is 905. The number of pyridine rings is 1. The van der Waals surface area contributed by atoms with Gasteiger partial charge in [-0.2, -0.15) is 13.2 Å². The van der Waals surface area contributed by atoms with Crippen molar-refractivity contribution in [2.24, 2.45) is 0 Å². The van der Waals surface area contributed by atoms with Gasteiger partial charge in [-0.05, 0) is 43.0 Å². The summed E-state index contributed by atoms with van der Waals surface area (Å²) in [5.74, 6) is 0.207. The summed E-state index contributed by atoms with van der Waals surface area (Å²) in [5, 5.41) is 0. The SMILES string of the molecule is O=C(CCCCc1cccc(C(F)(F)F)c1)c1ncc(-c2ccccn2)o1. The fraction of sp³-hybridized carbons (Fsp3) is 0.250. The lowest BCUT2D eigenvalue weighted by Gasteiger charge is -2.08. The first kappa shape index (κ1) is 18.8. The quantitative estimate of drug-likeness (QED) is 0.413. The number of carbonyl (C=O) groups is 1. The molecule has 0 saturated heterocycles. The molecule has 27 heavy (non-hydrogen) atoms. The second kappa shape index (κ2) is 8.16. The van der Waals surface area contributed by atoms with E-state index in [2.05, 4.69) is 9.97 Å². The van der Waals surface area contributed by atoms with Crippen LogP contribution in [0.4, 0.5) is 13.2 Å². The van der Waals surface area contributed by atoms with E-state index in [-0.39, 0.29) is 18.1 Å². The Hall–Kier alpha value is -2.96. The second-order valence-electron chi connectivity index (χ2n) is 6.07. The van der Waals surface area contributed by atoms with Gasteiger partial charge in [-0.1, -0.05) is 24.3 Å². The molecule has 0 spiro atoms. The van der Waals surface area contributed by atoms with Crippen LogP contribution in [0, 0.1) is 0 Å². The Morgan fingerprint density at radius 1 is 1.04 bits per heavy atom. The molecular weight excluding hydrogens is 357 g/mol. The van der Waals surface area contributed by atoms with E-state index < -0.39 is 11.7 Å². The number of hydrogen-bond acceptors (Lipinski definition) is 4. The van der Waals surface area contributed by atoms with E-state index >= 15 is 0 Å². The summed E-state index contributed by atoms with van der Waals surface area (Å²) in [6.07, 6.45) is 0.563. The fourth-order valence-corrected chi connectivity index (χ4v) is 2.65. The van der Waals surface area contributed by atoms with E-state index in [1.165, 1.54) is 12.3 Å². The number of aryl methyl sites for hydroxylation is 1. The highest BCUT2D eigenvalue weighted by Gasteiger charge is 2.30. The molecule has 0 aliphatic rings. The third kappa shape index (κ3) is 5.03. The summed E-state index contributed by atoms with van der Waals surface area (Å²) in [7, 11) is 0. The number of oxazole rings is 1. The van der Waals surface area contributed by atoms with Crippen LogP contribution in [0.3, 0.4) is 0 Å². The number of benzene rings is 1. The highest BCUT2D eigenvalue weighted by Crippen LogP contribution is 2.29. The topological polar surface area (TPSA) is 56.0 Å². The molecule has 4 nitrogen and oxygen atoms in total. The molecule has 0 aliphatic carbocycles. The minimum atomic E-state index is -4.34. The van der Waals surface area contributed by atoms with Gasteiger partial charge in [0.05, 0.1) is 11.8 Å². The molecule has 0 atom stereocenters. The number of aromatic nitrogens is 2. The van der Waals surface area contributed by atoms with Crippen molar-refractivity contribution in [2.45, 2.75) is 31.9 Å². The third-order valence-electron chi connectivity index (χ3n) is 4.04. The lowest BCUT2D eigenvalue weighted by molar-refractivity contribution is -0.137. The van der Waals surface area contributed by atoms with Gasteiger partial charge in [0.15, 0.2) is 5.76 Å². The minimum Gasteiger partial charge on any atom is -0.432 e. The Kier molecular flexibility index (Phi) is 5.69. The normalized spacial score (nSPS) is 11.5. The number of carbonyl (C=O) groups excluding carboxylic acids is 1. The van der Waals surface area contributed by atoms with Crippen LogP contribution in [0.25, 0.3) is 11.5 Å². The maximum atomic E-state index is 12.7. The van der Waals surface area contributed by atoms with Crippen LogP contribution in [0.2, 0.25) is 0 Å². The average Bonchev–Trinajstić information content (AvgIpc) is 3.16. The highest BCUT2D eigenvalue weighted by atomic mass is 19.4. The molecule has 7 heteroatoms. The molecule has 0 N–H and O–H groups in total. The van der Waals surface area contributed by atoms with E-state index in [9.17, 15) is 18.0 Å². The Labute approximate surface area is 154 Å². The molecule has 0 radical (unpaired) electrons. The zero-order valence-electron chi connectivity index (χ0n) is 14.4. The van der Waals surface area contributed by atoms with Crippen LogP contribution in [0.1, 0.15) is 41.1 Å². The van der Waals surface area contributed by atoms with Crippen LogP contribution in [0.5, 0.6) is 0 Å². The molecule has 0 amide bonds. The molecule has 0 saturated carbocycles. The Balaban J connectivity index is 1.50. The number of unbranched alkanes of at least 4 members (excludes halogenated alkanes) is 1. The predicted molar refractivity (Wildman–Crippen MR) is 93.1 cm³/mol. The first-order valence-electron chi connectivity index (χ1n) is 8.50. The van der Waals surface area contributed by atoms with Crippen molar-refractivity contribution in [1.29, 1.82) is 0 Å².